The SMILES string of the molecule is Cc1cc(C)c2cc(C(=O)Nc3cc(C(C)(C)C)on3)[nH]c2c1. The predicted octanol–water partition coefficient (Wildman–Crippen LogP) is 4.32. The fourth-order valence-corrected chi connectivity index (χ4v) is 2.59. The van der Waals surface area contributed by atoms with E-state index in [2.05, 4.69) is 21.5 Å². The predicted molar refractivity (Wildman–Crippen MR) is 90.9 cm³/mol. The van der Waals surface area contributed by atoms with Crippen molar-refractivity contribution in [2.75, 3.05) is 5.32 Å². The second-order valence-electron chi connectivity index (χ2n) is 7.01. The molecule has 0 fully saturated rings. The summed E-state index contributed by atoms with van der Waals surface area (Å²) in [6.45, 7) is 10.2. The van der Waals surface area contributed by atoms with Gasteiger partial charge in [0.15, 0.2) is 5.82 Å². The van der Waals surface area contributed by atoms with Crippen molar-refractivity contribution in [2.45, 2.75) is 40.0 Å². The topological polar surface area (TPSA) is 70.9 Å². The Balaban J connectivity index is 1.86. The number of benzene rings is 1. The van der Waals surface area contributed by atoms with Crippen LogP contribution >= 0.6 is 0 Å². The Morgan fingerprint density at radius 1 is 1.17 bits per heavy atom. The molecule has 0 spiro atoms. The highest BCUT2D eigenvalue weighted by Crippen LogP contribution is 2.25. The second kappa shape index (κ2) is 5.26. The number of hydrogen-bond acceptors (Lipinski definition) is 3. The summed E-state index contributed by atoms with van der Waals surface area (Å²) in [6, 6.07) is 7.76. The van der Waals surface area contributed by atoms with E-state index in [0.29, 0.717) is 11.5 Å². The number of nitrogens with zero attached hydrogens (tertiary/aromatic N) is 1. The summed E-state index contributed by atoms with van der Waals surface area (Å²) in [5.74, 6) is 0.925. The monoisotopic (exact) mass is 311 g/mol. The van der Waals surface area contributed by atoms with Gasteiger partial charge in [0.05, 0.1) is 0 Å². The van der Waals surface area contributed by atoms with Gasteiger partial charge in [-0.05, 0) is 37.1 Å². The maximum atomic E-state index is 12.4. The quantitative estimate of drug-likeness (QED) is 0.740. The van der Waals surface area contributed by atoms with E-state index in [-0.39, 0.29) is 11.3 Å². The van der Waals surface area contributed by atoms with Gasteiger partial charge in [-0.1, -0.05) is 32.0 Å². The third-order valence-electron chi connectivity index (χ3n) is 3.82. The number of amides is 1. The summed E-state index contributed by atoms with van der Waals surface area (Å²) in [6.07, 6.45) is 0. The lowest BCUT2D eigenvalue weighted by molar-refractivity contribution is 0.102. The van der Waals surface area contributed by atoms with E-state index in [1.807, 2.05) is 46.8 Å². The largest absolute Gasteiger partial charge is 0.359 e. The number of carbonyl (C=O) groups excluding carboxylic acids is 1. The zero-order valence-electron chi connectivity index (χ0n) is 14.1. The molecule has 0 aliphatic heterocycles. The molecule has 0 atom stereocenters. The van der Waals surface area contributed by atoms with Crippen LogP contribution in [0.3, 0.4) is 0 Å². The Hall–Kier alpha value is -2.56. The molecule has 120 valence electrons. The lowest BCUT2D eigenvalue weighted by Gasteiger charge is -2.11. The molecule has 0 saturated heterocycles. The molecule has 0 radical (unpaired) electrons. The van der Waals surface area contributed by atoms with Gasteiger partial charge in [-0.2, -0.15) is 0 Å². The third kappa shape index (κ3) is 2.99. The molecular formula is C18H21N3O2. The summed E-state index contributed by atoms with van der Waals surface area (Å²) in [5, 5.41) is 7.74. The first kappa shape index (κ1) is 15.3. The highest BCUT2D eigenvalue weighted by Gasteiger charge is 2.21. The number of H-pyrrole nitrogens is 1. The Morgan fingerprint density at radius 3 is 2.57 bits per heavy atom. The first-order valence-corrected chi connectivity index (χ1v) is 7.62. The highest BCUT2D eigenvalue weighted by molar-refractivity contribution is 6.05. The number of aromatic nitrogens is 2. The van der Waals surface area contributed by atoms with Crippen LogP contribution in [0.15, 0.2) is 28.8 Å². The number of hydrogen-bond donors (Lipinski definition) is 2. The zero-order valence-corrected chi connectivity index (χ0v) is 14.1. The lowest BCUT2D eigenvalue weighted by atomic mass is 9.93. The molecule has 3 aromatic rings. The van der Waals surface area contributed by atoms with Crippen LogP contribution < -0.4 is 5.32 Å². The van der Waals surface area contributed by atoms with Crippen LogP contribution in [-0.2, 0) is 5.41 Å². The number of carbonyl (C=O) groups is 1. The van der Waals surface area contributed by atoms with Gasteiger partial charge in [0.1, 0.15) is 11.5 Å². The fraction of sp³-hybridized carbons (Fsp3) is 0.333. The van der Waals surface area contributed by atoms with E-state index in [9.17, 15) is 4.79 Å². The van der Waals surface area contributed by atoms with Crippen molar-refractivity contribution in [2.24, 2.45) is 0 Å². The number of aryl methyl sites for hydroxylation is 2. The van der Waals surface area contributed by atoms with E-state index in [0.717, 1.165) is 27.8 Å². The molecule has 1 amide bonds. The maximum absolute atomic E-state index is 12.4. The Morgan fingerprint density at radius 2 is 1.91 bits per heavy atom. The van der Waals surface area contributed by atoms with Gasteiger partial charge < -0.3 is 14.8 Å². The smallest absolute Gasteiger partial charge is 0.273 e. The first-order valence-electron chi connectivity index (χ1n) is 7.62. The number of aromatic amines is 1. The van der Waals surface area contributed by atoms with Gasteiger partial charge in [0, 0.05) is 22.4 Å². The molecule has 1 aromatic carbocycles. The zero-order chi connectivity index (χ0) is 16.8. The second-order valence-corrected chi connectivity index (χ2v) is 7.01. The van der Waals surface area contributed by atoms with Crippen LogP contribution in [0.4, 0.5) is 5.82 Å². The van der Waals surface area contributed by atoms with Gasteiger partial charge >= 0.3 is 0 Å². The van der Waals surface area contributed by atoms with Crippen molar-refractivity contribution in [1.82, 2.24) is 10.1 Å². The number of anilines is 1. The van der Waals surface area contributed by atoms with Crippen molar-refractivity contribution < 1.29 is 9.32 Å². The summed E-state index contributed by atoms with van der Waals surface area (Å²) in [5.41, 5.74) is 3.63. The normalized spacial score (nSPS) is 11.9. The molecule has 2 heterocycles. The van der Waals surface area contributed by atoms with Crippen LogP contribution in [0.2, 0.25) is 0 Å². The van der Waals surface area contributed by atoms with Crippen LogP contribution in [0, 0.1) is 13.8 Å². The van der Waals surface area contributed by atoms with Crippen molar-refractivity contribution >= 4 is 22.6 Å². The molecule has 0 aliphatic carbocycles. The molecule has 2 aromatic heterocycles. The fourth-order valence-electron chi connectivity index (χ4n) is 2.59. The molecule has 3 rings (SSSR count). The number of nitrogens with one attached hydrogen (secondary N) is 2. The van der Waals surface area contributed by atoms with Gasteiger partial charge in [-0.25, -0.2) is 0 Å². The summed E-state index contributed by atoms with van der Waals surface area (Å²) >= 11 is 0. The molecule has 5 nitrogen and oxygen atoms in total. The molecule has 2 N–H and O–H groups in total. The molecule has 0 bridgehead atoms. The maximum Gasteiger partial charge on any atom is 0.273 e. The van der Waals surface area contributed by atoms with Gasteiger partial charge in [0.25, 0.3) is 5.91 Å². The van der Waals surface area contributed by atoms with E-state index in [1.54, 1.807) is 6.07 Å². The summed E-state index contributed by atoms with van der Waals surface area (Å²) < 4.78 is 5.28. The van der Waals surface area contributed by atoms with E-state index >= 15 is 0 Å². The molecule has 5 heteroatoms. The van der Waals surface area contributed by atoms with Crippen LogP contribution in [-0.4, -0.2) is 16.0 Å². The minimum Gasteiger partial charge on any atom is -0.359 e. The van der Waals surface area contributed by atoms with Gasteiger partial charge in [0.2, 0.25) is 0 Å². The van der Waals surface area contributed by atoms with Crippen LogP contribution in [0.5, 0.6) is 0 Å². The van der Waals surface area contributed by atoms with E-state index in [1.165, 1.54) is 0 Å². The van der Waals surface area contributed by atoms with E-state index < -0.39 is 0 Å². The Labute approximate surface area is 135 Å². The number of rotatable bonds is 2. The average Bonchev–Trinajstić information content (AvgIpc) is 3.04. The van der Waals surface area contributed by atoms with Crippen molar-refractivity contribution in [1.29, 1.82) is 0 Å². The minimum atomic E-state index is -0.230. The third-order valence-corrected chi connectivity index (χ3v) is 3.82. The van der Waals surface area contributed by atoms with Crippen molar-refractivity contribution in [3.8, 4) is 0 Å². The van der Waals surface area contributed by atoms with Crippen molar-refractivity contribution in [3.63, 3.8) is 0 Å². The highest BCUT2D eigenvalue weighted by atomic mass is 16.5. The van der Waals surface area contributed by atoms with Crippen LogP contribution in [0.1, 0.15) is 48.1 Å². The van der Waals surface area contributed by atoms with Crippen molar-refractivity contribution in [3.05, 3.63) is 46.8 Å². The van der Waals surface area contributed by atoms with Crippen LogP contribution in [0.25, 0.3) is 10.9 Å². The average molecular weight is 311 g/mol. The van der Waals surface area contributed by atoms with E-state index in [4.69, 9.17) is 4.52 Å². The summed E-state index contributed by atoms with van der Waals surface area (Å²) in [7, 11) is 0. The Kier molecular flexibility index (Phi) is 3.51. The standard InChI is InChI=1S/C18H21N3O2/c1-10-6-11(2)12-8-14(19-13(12)7-10)17(22)20-16-9-15(23-21-16)18(3,4)5/h6-9,19H,1-5H3,(H,20,21,22). The molecule has 0 unspecified atom stereocenters. The van der Waals surface area contributed by atoms with Gasteiger partial charge in [-0.3, -0.25) is 4.79 Å². The lowest BCUT2D eigenvalue weighted by Crippen LogP contribution is -2.12. The number of fused-ring (bicyclic) bond motifs is 1. The molecule has 0 aliphatic rings. The Bertz CT molecular complexity index is 881. The summed E-state index contributed by atoms with van der Waals surface area (Å²) in [4.78, 5) is 15.6. The molecular weight excluding hydrogens is 290 g/mol. The minimum absolute atomic E-state index is 0.147. The molecule has 23 heavy (non-hydrogen) atoms. The molecule has 0 saturated carbocycles. The van der Waals surface area contributed by atoms with Gasteiger partial charge in [-0.15, -0.1) is 0 Å². The first-order chi connectivity index (χ1) is 10.7.